The van der Waals surface area contributed by atoms with E-state index in [1.54, 1.807) is 0 Å². The van der Waals surface area contributed by atoms with Crippen molar-refractivity contribution < 1.29 is 0 Å². The Morgan fingerprint density at radius 1 is 1.33 bits per heavy atom. The SMILES string of the molecule is CCCNC(CCC)Cc1ccc(Br)s1. The molecule has 1 heterocycles. The molecule has 0 spiro atoms. The second-order valence-corrected chi connectivity index (χ2v) is 6.40. The number of nitrogens with one attached hydrogen (secondary N) is 1. The second kappa shape index (κ2) is 7.42. The summed E-state index contributed by atoms with van der Waals surface area (Å²) < 4.78 is 1.24. The van der Waals surface area contributed by atoms with E-state index in [1.165, 1.54) is 34.3 Å². The van der Waals surface area contributed by atoms with E-state index >= 15 is 0 Å². The van der Waals surface area contributed by atoms with Crippen LogP contribution in [-0.2, 0) is 6.42 Å². The Kier molecular flexibility index (Phi) is 6.53. The zero-order valence-electron chi connectivity index (χ0n) is 9.55. The van der Waals surface area contributed by atoms with Gasteiger partial charge in [-0.15, -0.1) is 11.3 Å². The van der Waals surface area contributed by atoms with E-state index in [0.717, 1.165) is 6.54 Å². The maximum Gasteiger partial charge on any atom is 0.0701 e. The van der Waals surface area contributed by atoms with Crippen LogP contribution in [0.3, 0.4) is 0 Å². The van der Waals surface area contributed by atoms with Crippen molar-refractivity contribution in [2.75, 3.05) is 6.54 Å². The van der Waals surface area contributed by atoms with Crippen LogP contribution in [-0.4, -0.2) is 12.6 Å². The van der Waals surface area contributed by atoms with Crippen LogP contribution in [0.1, 0.15) is 38.0 Å². The Bertz CT molecular complexity index is 272. The third-order valence-electron chi connectivity index (χ3n) is 2.40. The predicted molar refractivity (Wildman–Crippen MR) is 72.7 cm³/mol. The molecule has 1 aromatic heterocycles. The summed E-state index contributed by atoms with van der Waals surface area (Å²) in [6.45, 7) is 5.61. The summed E-state index contributed by atoms with van der Waals surface area (Å²) in [5.74, 6) is 0. The fourth-order valence-electron chi connectivity index (χ4n) is 1.68. The summed E-state index contributed by atoms with van der Waals surface area (Å²) in [6, 6.07) is 5.02. The van der Waals surface area contributed by atoms with Crippen LogP contribution in [0.15, 0.2) is 15.9 Å². The van der Waals surface area contributed by atoms with Gasteiger partial charge in [-0.1, -0.05) is 20.3 Å². The molecule has 1 nitrogen and oxygen atoms in total. The Labute approximate surface area is 105 Å². The molecule has 0 aliphatic heterocycles. The monoisotopic (exact) mass is 289 g/mol. The Morgan fingerprint density at radius 2 is 2.13 bits per heavy atom. The molecule has 0 bridgehead atoms. The third-order valence-corrected chi connectivity index (χ3v) is 4.04. The van der Waals surface area contributed by atoms with Gasteiger partial charge in [-0.3, -0.25) is 0 Å². The summed E-state index contributed by atoms with van der Waals surface area (Å²) in [5.41, 5.74) is 0. The molecule has 15 heavy (non-hydrogen) atoms. The average Bonchev–Trinajstić information content (AvgIpc) is 2.61. The Balaban J connectivity index is 2.42. The summed E-state index contributed by atoms with van der Waals surface area (Å²) in [6.07, 6.45) is 4.92. The first-order chi connectivity index (χ1) is 7.26. The van der Waals surface area contributed by atoms with Gasteiger partial charge in [-0.25, -0.2) is 0 Å². The third kappa shape index (κ3) is 5.14. The lowest BCUT2D eigenvalue weighted by molar-refractivity contribution is 0.475. The van der Waals surface area contributed by atoms with Crippen molar-refractivity contribution in [3.05, 3.63) is 20.8 Å². The number of halogens is 1. The van der Waals surface area contributed by atoms with Crippen LogP contribution in [0, 0.1) is 0 Å². The highest BCUT2D eigenvalue weighted by atomic mass is 79.9. The van der Waals surface area contributed by atoms with Gasteiger partial charge in [0.25, 0.3) is 0 Å². The van der Waals surface area contributed by atoms with Crippen LogP contribution in [0.25, 0.3) is 0 Å². The minimum absolute atomic E-state index is 0.653. The van der Waals surface area contributed by atoms with E-state index in [4.69, 9.17) is 0 Å². The summed E-state index contributed by atoms with van der Waals surface area (Å²) >= 11 is 5.36. The summed E-state index contributed by atoms with van der Waals surface area (Å²) in [5, 5.41) is 3.62. The van der Waals surface area contributed by atoms with E-state index in [-0.39, 0.29) is 0 Å². The van der Waals surface area contributed by atoms with Gasteiger partial charge in [0.1, 0.15) is 0 Å². The smallest absolute Gasteiger partial charge is 0.0701 e. The van der Waals surface area contributed by atoms with Crippen molar-refractivity contribution in [1.29, 1.82) is 0 Å². The lowest BCUT2D eigenvalue weighted by Crippen LogP contribution is -2.31. The molecule has 3 heteroatoms. The first kappa shape index (κ1) is 13.2. The van der Waals surface area contributed by atoms with E-state index in [1.807, 2.05) is 11.3 Å². The molecule has 0 radical (unpaired) electrons. The fraction of sp³-hybridized carbons (Fsp3) is 0.667. The molecule has 0 aliphatic carbocycles. The van der Waals surface area contributed by atoms with Gasteiger partial charge in [0.15, 0.2) is 0 Å². The molecule has 1 atom stereocenters. The largest absolute Gasteiger partial charge is 0.314 e. The van der Waals surface area contributed by atoms with Gasteiger partial charge in [-0.05, 0) is 53.9 Å². The van der Waals surface area contributed by atoms with Gasteiger partial charge >= 0.3 is 0 Å². The number of hydrogen-bond donors (Lipinski definition) is 1. The van der Waals surface area contributed by atoms with Crippen LogP contribution < -0.4 is 5.32 Å². The zero-order valence-corrected chi connectivity index (χ0v) is 12.0. The first-order valence-corrected chi connectivity index (χ1v) is 7.34. The van der Waals surface area contributed by atoms with Crippen molar-refractivity contribution in [3.63, 3.8) is 0 Å². The highest BCUT2D eigenvalue weighted by Gasteiger charge is 2.08. The molecule has 0 saturated carbocycles. The van der Waals surface area contributed by atoms with Crippen molar-refractivity contribution in [1.82, 2.24) is 5.32 Å². The normalized spacial score (nSPS) is 13.0. The lowest BCUT2D eigenvalue weighted by Gasteiger charge is -2.16. The molecule has 1 aromatic rings. The van der Waals surface area contributed by atoms with Crippen LogP contribution >= 0.6 is 27.3 Å². The first-order valence-electron chi connectivity index (χ1n) is 5.73. The Hall–Kier alpha value is 0.140. The van der Waals surface area contributed by atoms with Crippen molar-refractivity contribution in [3.8, 4) is 0 Å². The number of rotatable bonds is 7. The molecule has 0 fully saturated rings. The minimum atomic E-state index is 0.653. The second-order valence-electron chi connectivity index (χ2n) is 3.85. The number of hydrogen-bond acceptors (Lipinski definition) is 2. The summed E-state index contributed by atoms with van der Waals surface area (Å²) in [4.78, 5) is 1.48. The lowest BCUT2D eigenvalue weighted by atomic mass is 10.1. The van der Waals surface area contributed by atoms with Crippen molar-refractivity contribution in [2.24, 2.45) is 0 Å². The van der Waals surface area contributed by atoms with E-state index in [9.17, 15) is 0 Å². The van der Waals surface area contributed by atoms with E-state index in [0.29, 0.717) is 6.04 Å². The zero-order chi connectivity index (χ0) is 11.1. The molecule has 1 N–H and O–H groups in total. The number of thiophene rings is 1. The van der Waals surface area contributed by atoms with E-state index in [2.05, 4.69) is 47.2 Å². The van der Waals surface area contributed by atoms with Gasteiger partial charge < -0.3 is 5.32 Å². The molecule has 1 rings (SSSR count). The van der Waals surface area contributed by atoms with Gasteiger partial charge in [0.2, 0.25) is 0 Å². The maximum absolute atomic E-state index is 3.62. The highest BCUT2D eigenvalue weighted by Crippen LogP contribution is 2.23. The average molecular weight is 290 g/mol. The quantitative estimate of drug-likeness (QED) is 0.792. The molecule has 0 aliphatic rings. The standard InChI is InChI=1S/C12H20BrNS/c1-3-5-10(14-8-4-2)9-11-6-7-12(13)15-11/h6-7,10,14H,3-5,8-9H2,1-2H3. The van der Waals surface area contributed by atoms with Gasteiger partial charge in [0, 0.05) is 10.9 Å². The van der Waals surface area contributed by atoms with Gasteiger partial charge in [0.05, 0.1) is 3.79 Å². The molecule has 0 saturated heterocycles. The Morgan fingerprint density at radius 3 is 2.67 bits per heavy atom. The predicted octanol–water partition coefficient (Wildman–Crippen LogP) is 4.22. The molecule has 0 amide bonds. The molecular formula is C12H20BrNS. The van der Waals surface area contributed by atoms with E-state index < -0.39 is 0 Å². The fourth-order valence-corrected chi connectivity index (χ4v) is 3.24. The topological polar surface area (TPSA) is 12.0 Å². The maximum atomic E-state index is 3.62. The van der Waals surface area contributed by atoms with Crippen molar-refractivity contribution >= 4 is 27.3 Å². The molecule has 1 unspecified atom stereocenters. The molecule has 0 aromatic carbocycles. The molecular weight excluding hydrogens is 270 g/mol. The van der Waals surface area contributed by atoms with Crippen LogP contribution in [0.2, 0.25) is 0 Å². The highest BCUT2D eigenvalue weighted by molar-refractivity contribution is 9.11. The summed E-state index contributed by atoms with van der Waals surface area (Å²) in [7, 11) is 0. The molecule has 86 valence electrons. The van der Waals surface area contributed by atoms with Gasteiger partial charge in [-0.2, -0.15) is 0 Å². The van der Waals surface area contributed by atoms with Crippen LogP contribution in [0.4, 0.5) is 0 Å². The van der Waals surface area contributed by atoms with Crippen molar-refractivity contribution in [2.45, 2.75) is 45.6 Å². The van der Waals surface area contributed by atoms with Crippen LogP contribution in [0.5, 0.6) is 0 Å². The minimum Gasteiger partial charge on any atom is -0.314 e.